The summed E-state index contributed by atoms with van der Waals surface area (Å²) in [4.78, 5) is 37.0. The number of carbonyl (C=O) groups is 3. The van der Waals surface area contributed by atoms with Crippen LogP contribution in [0.25, 0.3) is 10.9 Å². The quantitative estimate of drug-likeness (QED) is 0.230. The Kier molecular flexibility index (Phi) is 9.21. The summed E-state index contributed by atoms with van der Waals surface area (Å²) in [5.41, 5.74) is 5.70. The van der Waals surface area contributed by atoms with Crippen molar-refractivity contribution in [3.8, 4) is 0 Å². The number of carboxylic acid groups (broad SMARTS) is 1. The zero-order chi connectivity index (χ0) is 29.7. The third-order valence-corrected chi connectivity index (χ3v) is 7.14. The lowest BCUT2D eigenvalue weighted by Gasteiger charge is -2.18. The van der Waals surface area contributed by atoms with Gasteiger partial charge in [-0.2, -0.15) is 0 Å². The van der Waals surface area contributed by atoms with Crippen molar-refractivity contribution in [2.24, 2.45) is 5.92 Å². The number of nitrogens with zero attached hydrogens (tertiary/aromatic N) is 4. The van der Waals surface area contributed by atoms with E-state index in [4.69, 9.17) is 5.11 Å². The first-order chi connectivity index (χ1) is 19.5. The van der Waals surface area contributed by atoms with E-state index in [0.717, 1.165) is 39.7 Å². The molecule has 0 fully saturated rings. The number of aromatic nitrogens is 4. The Morgan fingerprint density at radius 3 is 2.54 bits per heavy atom. The summed E-state index contributed by atoms with van der Waals surface area (Å²) >= 11 is 0. The highest BCUT2D eigenvalue weighted by Crippen LogP contribution is 2.28. The van der Waals surface area contributed by atoms with Gasteiger partial charge in [-0.05, 0) is 73.9 Å². The Hall–Kier alpha value is -4.47. The molecule has 1 unspecified atom stereocenters. The average molecular weight is 559 g/mol. The van der Waals surface area contributed by atoms with E-state index in [2.05, 4.69) is 34.8 Å². The van der Waals surface area contributed by atoms with Gasteiger partial charge in [-0.1, -0.05) is 37.3 Å². The molecule has 1 atom stereocenters. The van der Waals surface area contributed by atoms with Crippen LogP contribution in [-0.2, 0) is 29.0 Å². The zero-order valence-corrected chi connectivity index (χ0v) is 24.3. The first-order valence-electron chi connectivity index (χ1n) is 13.9. The van der Waals surface area contributed by atoms with E-state index in [9.17, 15) is 14.4 Å². The van der Waals surface area contributed by atoms with Gasteiger partial charge in [0.05, 0.1) is 12.2 Å². The number of benzene rings is 2. The van der Waals surface area contributed by atoms with Gasteiger partial charge in [0.2, 0.25) is 5.91 Å². The van der Waals surface area contributed by atoms with Crippen molar-refractivity contribution in [3.63, 3.8) is 0 Å². The maximum absolute atomic E-state index is 13.6. The number of carboxylic acids is 1. The first-order valence-corrected chi connectivity index (χ1v) is 13.9. The highest BCUT2D eigenvalue weighted by Gasteiger charge is 2.20. The largest absolute Gasteiger partial charge is 0.481 e. The summed E-state index contributed by atoms with van der Waals surface area (Å²) in [5, 5.41) is 24.3. The molecule has 0 radical (unpaired) electrons. The fourth-order valence-electron chi connectivity index (χ4n) is 5.00. The third kappa shape index (κ3) is 7.19. The Bertz CT molecular complexity index is 1570. The van der Waals surface area contributed by atoms with Crippen molar-refractivity contribution >= 4 is 34.4 Å². The topological polar surface area (TPSA) is 131 Å². The van der Waals surface area contributed by atoms with Crippen molar-refractivity contribution in [2.45, 2.75) is 66.0 Å². The van der Waals surface area contributed by atoms with Crippen molar-refractivity contribution in [1.82, 2.24) is 24.9 Å². The SMILES string of the molecule is CNC(=O)c1ccc2c(C)cn(C(C)C(=O)Nc3cc(Cn4cc(CC(C)C)nn4)ccc3CCCC(=O)O)c2c1. The van der Waals surface area contributed by atoms with Gasteiger partial charge in [0.25, 0.3) is 5.91 Å². The van der Waals surface area contributed by atoms with Crippen LogP contribution in [0.5, 0.6) is 0 Å². The van der Waals surface area contributed by atoms with Crippen LogP contribution >= 0.6 is 0 Å². The fraction of sp³-hybridized carbons (Fsp3) is 0.387. The molecule has 0 bridgehead atoms. The maximum atomic E-state index is 13.6. The second-order valence-electron chi connectivity index (χ2n) is 10.9. The summed E-state index contributed by atoms with van der Waals surface area (Å²) in [6.45, 7) is 8.56. The molecule has 2 aromatic heterocycles. The molecule has 10 heteroatoms. The molecule has 0 aliphatic heterocycles. The molecule has 4 rings (SSSR count). The maximum Gasteiger partial charge on any atom is 0.303 e. The van der Waals surface area contributed by atoms with Crippen LogP contribution in [0.4, 0.5) is 5.69 Å². The minimum atomic E-state index is -0.852. The molecule has 4 aromatic rings. The van der Waals surface area contributed by atoms with Crippen molar-refractivity contribution < 1.29 is 19.5 Å². The zero-order valence-electron chi connectivity index (χ0n) is 24.3. The minimum absolute atomic E-state index is 0.0471. The number of anilines is 1. The van der Waals surface area contributed by atoms with Gasteiger partial charge in [-0.3, -0.25) is 14.4 Å². The lowest BCUT2D eigenvalue weighted by molar-refractivity contribution is -0.137. The number of carbonyl (C=O) groups excluding carboxylic acids is 2. The van der Waals surface area contributed by atoms with Crippen molar-refractivity contribution in [1.29, 1.82) is 0 Å². The predicted molar refractivity (Wildman–Crippen MR) is 158 cm³/mol. The van der Waals surface area contributed by atoms with E-state index in [-0.39, 0.29) is 18.2 Å². The van der Waals surface area contributed by atoms with Gasteiger partial charge in [-0.25, -0.2) is 4.68 Å². The van der Waals surface area contributed by atoms with Crippen LogP contribution in [0.15, 0.2) is 48.8 Å². The summed E-state index contributed by atoms with van der Waals surface area (Å²) in [6, 6.07) is 10.7. The predicted octanol–water partition coefficient (Wildman–Crippen LogP) is 4.75. The number of hydrogen-bond acceptors (Lipinski definition) is 5. The van der Waals surface area contributed by atoms with E-state index in [1.807, 2.05) is 55.1 Å². The van der Waals surface area contributed by atoms with Gasteiger partial charge < -0.3 is 20.3 Å². The molecule has 216 valence electrons. The summed E-state index contributed by atoms with van der Waals surface area (Å²) in [6.07, 6.45) is 5.73. The normalized spacial score (nSPS) is 12.0. The smallest absolute Gasteiger partial charge is 0.303 e. The average Bonchev–Trinajstić information content (AvgIpc) is 3.51. The second-order valence-corrected chi connectivity index (χ2v) is 10.9. The molecule has 0 aliphatic carbocycles. The van der Waals surface area contributed by atoms with Crippen LogP contribution < -0.4 is 10.6 Å². The number of aliphatic carboxylic acids is 1. The fourth-order valence-corrected chi connectivity index (χ4v) is 5.00. The van der Waals surface area contributed by atoms with E-state index >= 15 is 0 Å². The van der Waals surface area contributed by atoms with Crippen LogP contribution in [0.3, 0.4) is 0 Å². The van der Waals surface area contributed by atoms with Crippen LogP contribution in [0, 0.1) is 12.8 Å². The molecule has 3 N–H and O–H groups in total. The first kappa shape index (κ1) is 29.5. The molecule has 41 heavy (non-hydrogen) atoms. The molecular weight excluding hydrogens is 520 g/mol. The van der Waals surface area contributed by atoms with Crippen molar-refractivity contribution in [2.75, 3.05) is 12.4 Å². The summed E-state index contributed by atoms with van der Waals surface area (Å²) in [7, 11) is 1.59. The molecular formula is C31H38N6O4. The van der Waals surface area contributed by atoms with E-state index in [0.29, 0.717) is 36.6 Å². The van der Waals surface area contributed by atoms with Crippen molar-refractivity contribution in [3.05, 3.63) is 76.7 Å². The Morgan fingerprint density at radius 2 is 1.83 bits per heavy atom. The van der Waals surface area contributed by atoms with Gasteiger partial charge in [-0.15, -0.1) is 5.10 Å². The molecule has 0 saturated carbocycles. The van der Waals surface area contributed by atoms with E-state index < -0.39 is 12.0 Å². The molecule has 0 saturated heterocycles. The standard InChI is InChI=1S/C31H38N6O4/c1-19(2)13-25-18-36(35-34-25)17-22-9-10-23(7-6-8-29(38)39)27(14-22)33-30(40)21(4)37-16-20(3)26-12-11-24(15-28(26)37)31(41)32-5/h9-12,14-16,18-19,21H,6-8,13,17H2,1-5H3,(H,32,41)(H,33,40)(H,38,39). The Balaban J connectivity index is 1.60. The van der Waals surface area contributed by atoms with E-state index in [1.54, 1.807) is 23.9 Å². The van der Waals surface area contributed by atoms with Gasteiger partial charge >= 0.3 is 5.97 Å². The lowest BCUT2D eigenvalue weighted by atomic mass is 10.0. The molecule has 2 heterocycles. The molecule has 10 nitrogen and oxygen atoms in total. The molecule has 0 aliphatic rings. The molecule has 2 aromatic carbocycles. The van der Waals surface area contributed by atoms with Crippen LogP contribution in [0.2, 0.25) is 0 Å². The Labute approximate surface area is 239 Å². The van der Waals surface area contributed by atoms with E-state index in [1.165, 1.54) is 0 Å². The van der Waals surface area contributed by atoms with Gasteiger partial charge in [0, 0.05) is 48.0 Å². The molecule has 2 amide bonds. The Morgan fingerprint density at radius 1 is 1.05 bits per heavy atom. The van der Waals surface area contributed by atoms with Gasteiger partial charge in [0.15, 0.2) is 0 Å². The minimum Gasteiger partial charge on any atom is -0.481 e. The highest BCUT2D eigenvalue weighted by molar-refractivity contribution is 6.00. The summed E-state index contributed by atoms with van der Waals surface area (Å²) in [5.74, 6) is -0.786. The van der Waals surface area contributed by atoms with Gasteiger partial charge in [0.1, 0.15) is 6.04 Å². The van der Waals surface area contributed by atoms with Crippen LogP contribution in [-0.4, -0.2) is 49.5 Å². The number of fused-ring (bicyclic) bond motifs is 1. The number of hydrogen-bond donors (Lipinski definition) is 3. The number of nitrogens with one attached hydrogen (secondary N) is 2. The molecule has 0 spiro atoms. The second kappa shape index (κ2) is 12.8. The van der Waals surface area contributed by atoms with Crippen LogP contribution in [0.1, 0.15) is 72.4 Å². The highest BCUT2D eigenvalue weighted by atomic mass is 16.4. The number of aryl methyl sites for hydroxylation is 2. The number of rotatable bonds is 12. The number of amides is 2. The lowest BCUT2D eigenvalue weighted by Crippen LogP contribution is -2.24. The summed E-state index contributed by atoms with van der Waals surface area (Å²) < 4.78 is 3.66. The monoisotopic (exact) mass is 558 g/mol. The third-order valence-electron chi connectivity index (χ3n) is 7.14.